The van der Waals surface area contributed by atoms with Gasteiger partial charge in [0.15, 0.2) is 0 Å². The summed E-state index contributed by atoms with van der Waals surface area (Å²) < 4.78 is 12.3. The summed E-state index contributed by atoms with van der Waals surface area (Å²) in [6, 6.07) is 17.3. The summed E-state index contributed by atoms with van der Waals surface area (Å²) in [5.74, 6) is -0.194. The first kappa shape index (κ1) is 22.7. The van der Waals surface area contributed by atoms with Gasteiger partial charge >= 0.3 is 5.97 Å². The fraction of sp³-hybridized carbons (Fsp3) is 0.0870. The average molecular weight is 546 g/mol. The van der Waals surface area contributed by atoms with E-state index in [4.69, 9.17) is 9.47 Å². The molecule has 1 N–H and O–H groups in total. The largest absolute Gasteiger partial charge is 0.496 e. The van der Waals surface area contributed by atoms with Gasteiger partial charge in [-0.3, -0.25) is 4.79 Å². The molecule has 31 heavy (non-hydrogen) atoms. The molecule has 0 atom stereocenters. The van der Waals surface area contributed by atoms with Crippen molar-refractivity contribution in [3.05, 3.63) is 91.9 Å². The molecule has 0 radical (unpaired) electrons. The van der Waals surface area contributed by atoms with Crippen LogP contribution >= 0.6 is 31.9 Å². The van der Waals surface area contributed by atoms with Gasteiger partial charge in [0, 0.05) is 14.5 Å². The van der Waals surface area contributed by atoms with Gasteiger partial charge in [-0.25, -0.2) is 10.2 Å². The molecule has 3 rings (SSSR count). The second-order valence-corrected chi connectivity index (χ2v) is 8.31. The van der Waals surface area contributed by atoms with E-state index >= 15 is 0 Å². The zero-order chi connectivity index (χ0) is 22.4. The molecule has 1 amide bonds. The molecule has 0 aliphatic carbocycles. The van der Waals surface area contributed by atoms with Gasteiger partial charge in [0.2, 0.25) is 0 Å². The van der Waals surface area contributed by atoms with Gasteiger partial charge in [0.05, 0.1) is 24.5 Å². The molecule has 0 saturated carbocycles. The number of benzene rings is 3. The predicted octanol–water partition coefficient (Wildman–Crippen LogP) is 5.51. The first-order valence-electron chi connectivity index (χ1n) is 9.12. The van der Waals surface area contributed by atoms with E-state index in [9.17, 15) is 9.59 Å². The Balaban J connectivity index is 1.77. The van der Waals surface area contributed by atoms with Crippen molar-refractivity contribution in [1.29, 1.82) is 0 Å². The first-order chi connectivity index (χ1) is 14.9. The molecule has 0 aromatic heterocycles. The first-order valence-corrected chi connectivity index (χ1v) is 10.7. The summed E-state index contributed by atoms with van der Waals surface area (Å²) in [4.78, 5) is 25.0. The minimum Gasteiger partial charge on any atom is -0.496 e. The molecule has 0 fully saturated rings. The van der Waals surface area contributed by atoms with Gasteiger partial charge in [-0.1, -0.05) is 49.6 Å². The summed E-state index contributed by atoms with van der Waals surface area (Å²) >= 11 is 6.72. The van der Waals surface area contributed by atoms with Crippen molar-refractivity contribution < 1.29 is 19.1 Å². The van der Waals surface area contributed by atoms with Crippen molar-refractivity contribution in [2.75, 3.05) is 7.11 Å². The number of methoxy groups -OCH3 is 1. The molecule has 3 aromatic carbocycles. The molecule has 0 spiro atoms. The van der Waals surface area contributed by atoms with E-state index in [1.54, 1.807) is 48.5 Å². The van der Waals surface area contributed by atoms with Crippen LogP contribution in [0.1, 0.15) is 31.8 Å². The average Bonchev–Trinajstić information content (AvgIpc) is 2.75. The van der Waals surface area contributed by atoms with Gasteiger partial charge in [0.1, 0.15) is 11.5 Å². The third-order valence-electron chi connectivity index (χ3n) is 4.24. The summed E-state index contributed by atoms with van der Waals surface area (Å²) in [5, 5.41) is 4.01. The maximum absolute atomic E-state index is 12.5. The van der Waals surface area contributed by atoms with Crippen LogP contribution < -0.4 is 14.9 Å². The van der Waals surface area contributed by atoms with E-state index in [2.05, 4.69) is 42.4 Å². The second-order valence-electron chi connectivity index (χ2n) is 6.48. The third kappa shape index (κ3) is 6.02. The van der Waals surface area contributed by atoms with Gasteiger partial charge in [-0.15, -0.1) is 0 Å². The van der Waals surface area contributed by atoms with Crippen molar-refractivity contribution >= 4 is 50.0 Å². The molecular weight excluding hydrogens is 528 g/mol. The quantitative estimate of drug-likeness (QED) is 0.192. The zero-order valence-electron chi connectivity index (χ0n) is 16.7. The number of carbonyl (C=O) groups is 2. The van der Waals surface area contributed by atoms with E-state index in [-0.39, 0.29) is 0 Å². The summed E-state index contributed by atoms with van der Waals surface area (Å²) in [7, 11) is 1.49. The standard InChI is InChI=1S/C23H18Br2N2O4/c1-14-3-5-15(6-4-14)23(29)31-20-9-7-17(24)11-16(20)13-26-27-22(28)19-12-18(25)8-10-21(19)30-2/h3-13H,1-2H3,(H,27,28)/b26-13-. The maximum Gasteiger partial charge on any atom is 0.343 e. The van der Waals surface area contributed by atoms with Gasteiger partial charge < -0.3 is 9.47 Å². The van der Waals surface area contributed by atoms with Gasteiger partial charge in [-0.05, 0) is 55.5 Å². The number of carbonyl (C=O) groups excluding carboxylic acids is 2. The van der Waals surface area contributed by atoms with Crippen LogP contribution in [0, 0.1) is 6.92 Å². The van der Waals surface area contributed by atoms with Crippen molar-refractivity contribution in [2.45, 2.75) is 6.92 Å². The molecule has 6 nitrogen and oxygen atoms in total. The van der Waals surface area contributed by atoms with E-state index in [0.29, 0.717) is 28.2 Å². The van der Waals surface area contributed by atoms with Gasteiger partial charge in [-0.2, -0.15) is 5.10 Å². The Morgan fingerprint density at radius 3 is 2.26 bits per heavy atom. The van der Waals surface area contributed by atoms with Crippen LogP contribution in [0.5, 0.6) is 11.5 Å². The van der Waals surface area contributed by atoms with E-state index in [1.807, 2.05) is 19.1 Å². The topological polar surface area (TPSA) is 77.0 Å². The number of hydrogen-bond donors (Lipinski definition) is 1. The lowest BCUT2D eigenvalue weighted by Crippen LogP contribution is -2.18. The summed E-state index contributed by atoms with van der Waals surface area (Å²) in [6.45, 7) is 1.94. The van der Waals surface area contributed by atoms with E-state index in [0.717, 1.165) is 14.5 Å². The Morgan fingerprint density at radius 2 is 1.58 bits per heavy atom. The lowest BCUT2D eigenvalue weighted by Gasteiger charge is -2.09. The minimum absolute atomic E-state index is 0.312. The molecule has 0 unspecified atom stereocenters. The molecule has 3 aromatic rings. The number of nitrogens with zero attached hydrogens (tertiary/aromatic N) is 1. The highest BCUT2D eigenvalue weighted by Crippen LogP contribution is 2.24. The lowest BCUT2D eigenvalue weighted by atomic mass is 10.1. The number of esters is 1. The Kier molecular flexibility index (Phi) is 7.59. The Morgan fingerprint density at radius 1 is 0.935 bits per heavy atom. The highest BCUT2D eigenvalue weighted by Gasteiger charge is 2.13. The normalized spacial score (nSPS) is 10.7. The summed E-state index contributed by atoms with van der Waals surface area (Å²) in [6.07, 6.45) is 1.41. The lowest BCUT2D eigenvalue weighted by molar-refractivity contribution is 0.0734. The number of aryl methyl sites for hydroxylation is 1. The molecule has 0 saturated heterocycles. The zero-order valence-corrected chi connectivity index (χ0v) is 19.9. The smallest absolute Gasteiger partial charge is 0.343 e. The fourth-order valence-corrected chi connectivity index (χ4v) is 3.38. The SMILES string of the molecule is COc1ccc(Br)cc1C(=O)N/N=C\c1cc(Br)ccc1OC(=O)c1ccc(C)cc1. The van der Waals surface area contributed by atoms with Crippen LogP contribution in [-0.4, -0.2) is 25.2 Å². The molecule has 0 heterocycles. The summed E-state index contributed by atoms with van der Waals surface area (Å²) in [5.41, 5.74) is 4.78. The number of hydrazone groups is 1. The highest BCUT2D eigenvalue weighted by molar-refractivity contribution is 9.10. The third-order valence-corrected chi connectivity index (χ3v) is 5.22. The van der Waals surface area contributed by atoms with Gasteiger partial charge in [0.25, 0.3) is 5.91 Å². The maximum atomic E-state index is 12.5. The van der Waals surface area contributed by atoms with Crippen LogP contribution in [0.4, 0.5) is 0 Å². The number of amides is 1. The van der Waals surface area contributed by atoms with Crippen LogP contribution in [-0.2, 0) is 0 Å². The molecule has 8 heteroatoms. The van der Waals surface area contributed by atoms with Crippen molar-refractivity contribution in [3.63, 3.8) is 0 Å². The number of hydrogen-bond acceptors (Lipinski definition) is 5. The second kappa shape index (κ2) is 10.4. The minimum atomic E-state index is -0.486. The van der Waals surface area contributed by atoms with Crippen LogP contribution in [0.15, 0.2) is 74.7 Å². The molecular formula is C23H18Br2N2O4. The Hall–Kier alpha value is -2.97. The van der Waals surface area contributed by atoms with E-state index < -0.39 is 11.9 Å². The number of nitrogens with one attached hydrogen (secondary N) is 1. The predicted molar refractivity (Wildman–Crippen MR) is 126 cm³/mol. The van der Waals surface area contributed by atoms with Crippen molar-refractivity contribution in [1.82, 2.24) is 5.43 Å². The Labute approximate surface area is 196 Å². The van der Waals surface area contributed by atoms with Crippen LogP contribution in [0.2, 0.25) is 0 Å². The molecule has 0 aliphatic heterocycles. The van der Waals surface area contributed by atoms with Crippen molar-refractivity contribution in [2.24, 2.45) is 5.10 Å². The highest BCUT2D eigenvalue weighted by atomic mass is 79.9. The Bertz CT molecular complexity index is 1140. The van der Waals surface area contributed by atoms with Crippen LogP contribution in [0.25, 0.3) is 0 Å². The van der Waals surface area contributed by atoms with E-state index in [1.165, 1.54) is 13.3 Å². The molecule has 0 bridgehead atoms. The number of halogens is 2. The van der Waals surface area contributed by atoms with Crippen LogP contribution in [0.3, 0.4) is 0 Å². The monoisotopic (exact) mass is 544 g/mol. The molecule has 0 aliphatic rings. The fourth-order valence-electron chi connectivity index (χ4n) is 2.64. The van der Waals surface area contributed by atoms with Crippen molar-refractivity contribution in [3.8, 4) is 11.5 Å². The number of rotatable bonds is 6. The molecule has 158 valence electrons. The number of ether oxygens (including phenoxy) is 2.